The van der Waals surface area contributed by atoms with E-state index in [1.807, 2.05) is 17.5 Å². The van der Waals surface area contributed by atoms with E-state index < -0.39 is 18.0 Å². The summed E-state index contributed by atoms with van der Waals surface area (Å²) in [5.41, 5.74) is 0.578. The Bertz CT molecular complexity index is 938. The highest BCUT2D eigenvalue weighted by Gasteiger charge is 2.30. The summed E-state index contributed by atoms with van der Waals surface area (Å²) >= 11 is 1.47. The Hall–Kier alpha value is -3.20. The molecule has 2 aromatic heterocycles. The topological polar surface area (TPSA) is 104 Å². The molecule has 0 saturated carbocycles. The van der Waals surface area contributed by atoms with Crippen LogP contribution in [0, 0.1) is 0 Å². The summed E-state index contributed by atoms with van der Waals surface area (Å²) < 4.78 is 16.1. The van der Waals surface area contributed by atoms with E-state index in [2.05, 4.69) is 15.5 Å². The standard InChI is InChI=1S/C17H13N3O5S/c21-15(8-12-16(22)18-10-4-1-2-5-11(10)24-12)23-9-14-19-20-17(25-14)13-6-3-7-26-13/h1-7,12H,8-9H2,(H,18,22)/t12-/m1/s1. The predicted molar refractivity (Wildman–Crippen MR) is 91.5 cm³/mol. The molecule has 1 aliphatic rings. The van der Waals surface area contributed by atoms with Gasteiger partial charge in [-0.25, -0.2) is 0 Å². The zero-order valence-corrected chi connectivity index (χ0v) is 14.2. The maximum Gasteiger partial charge on any atom is 0.310 e. The van der Waals surface area contributed by atoms with Gasteiger partial charge in [-0.15, -0.1) is 21.5 Å². The van der Waals surface area contributed by atoms with E-state index in [1.54, 1.807) is 24.3 Å². The van der Waals surface area contributed by atoms with Crippen molar-refractivity contribution in [1.82, 2.24) is 10.2 Å². The summed E-state index contributed by atoms with van der Waals surface area (Å²) in [5, 5.41) is 12.3. The molecule has 0 unspecified atom stereocenters. The number of hydrogen-bond acceptors (Lipinski definition) is 8. The van der Waals surface area contributed by atoms with Gasteiger partial charge in [0.05, 0.1) is 17.0 Å². The number of para-hydroxylation sites is 2. The van der Waals surface area contributed by atoms with Crippen LogP contribution >= 0.6 is 11.3 Å². The molecule has 3 aromatic rings. The van der Waals surface area contributed by atoms with E-state index in [0.717, 1.165) is 4.88 Å². The van der Waals surface area contributed by atoms with Gasteiger partial charge in [0.1, 0.15) is 5.75 Å². The molecule has 132 valence electrons. The minimum atomic E-state index is -0.943. The van der Waals surface area contributed by atoms with E-state index in [9.17, 15) is 9.59 Å². The number of ether oxygens (including phenoxy) is 2. The zero-order valence-electron chi connectivity index (χ0n) is 13.4. The van der Waals surface area contributed by atoms with Crippen molar-refractivity contribution in [2.45, 2.75) is 19.1 Å². The first kappa shape index (κ1) is 16.3. The van der Waals surface area contributed by atoms with Crippen molar-refractivity contribution in [3.63, 3.8) is 0 Å². The molecule has 1 aromatic carbocycles. The normalized spacial score (nSPS) is 15.7. The largest absolute Gasteiger partial charge is 0.478 e. The number of thiophene rings is 1. The molecule has 0 radical (unpaired) electrons. The number of amides is 1. The lowest BCUT2D eigenvalue weighted by Crippen LogP contribution is -2.38. The van der Waals surface area contributed by atoms with E-state index in [0.29, 0.717) is 17.3 Å². The smallest absolute Gasteiger partial charge is 0.310 e. The van der Waals surface area contributed by atoms with Crippen LogP contribution in [0.2, 0.25) is 0 Å². The molecule has 3 heterocycles. The Morgan fingerprint density at radius 3 is 2.96 bits per heavy atom. The first-order valence-electron chi connectivity index (χ1n) is 7.77. The van der Waals surface area contributed by atoms with Crippen LogP contribution in [-0.2, 0) is 20.9 Å². The number of hydrogen-bond donors (Lipinski definition) is 1. The lowest BCUT2D eigenvalue weighted by molar-refractivity contribution is -0.149. The molecular weight excluding hydrogens is 358 g/mol. The number of nitrogens with one attached hydrogen (secondary N) is 1. The summed E-state index contributed by atoms with van der Waals surface area (Å²) in [6, 6.07) is 10.7. The second-order valence-electron chi connectivity index (χ2n) is 5.43. The number of benzene rings is 1. The van der Waals surface area contributed by atoms with E-state index in [-0.39, 0.29) is 18.9 Å². The van der Waals surface area contributed by atoms with Gasteiger partial charge in [-0.1, -0.05) is 18.2 Å². The fraction of sp³-hybridized carbons (Fsp3) is 0.176. The molecule has 0 fully saturated rings. The minimum absolute atomic E-state index is 0.165. The van der Waals surface area contributed by atoms with Crippen LogP contribution in [-0.4, -0.2) is 28.2 Å². The molecule has 1 amide bonds. The first-order chi connectivity index (χ1) is 12.7. The van der Waals surface area contributed by atoms with Gasteiger partial charge in [-0.2, -0.15) is 0 Å². The maximum absolute atomic E-state index is 12.0. The Morgan fingerprint density at radius 1 is 1.23 bits per heavy atom. The molecule has 1 aliphatic heterocycles. The number of carbonyl (C=O) groups is 2. The number of fused-ring (bicyclic) bond motifs is 1. The average Bonchev–Trinajstić information content (AvgIpc) is 3.32. The zero-order chi connectivity index (χ0) is 17.9. The van der Waals surface area contributed by atoms with Crippen LogP contribution in [0.1, 0.15) is 12.3 Å². The molecule has 0 saturated heterocycles. The Morgan fingerprint density at radius 2 is 2.12 bits per heavy atom. The van der Waals surface area contributed by atoms with E-state index in [1.165, 1.54) is 11.3 Å². The monoisotopic (exact) mass is 371 g/mol. The van der Waals surface area contributed by atoms with Crippen LogP contribution in [0.25, 0.3) is 10.8 Å². The Labute approximate surface area is 151 Å². The van der Waals surface area contributed by atoms with Gasteiger partial charge in [-0.05, 0) is 23.6 Å². The number of anilines is 1. The van der Waals surface area contributed by atoms with Crippen molar-refractivity contribution < 1.29 is 23.5 Å². The molecular formula is C17H13N3O5S. The van der Waals surface area contributed by atoms with Crippen molar-refractivity contribution in [3.8, 4) is 16.5 Å². The summed E-state index contributed by atoms with van der Waals surface area (Å²) in [7, 11) is 0. The summed E-state index contributed by atoms with van der Waals surface area (Å²) in [4.78, 5) is 24.9. The Balaban J connectivity index is 1.33. The maximum atomic E-state index is 12.0. The highest BCUT2D eigenvalue weighted by atomic mass is 32.1. The van der Waals surface area contributed by atoms with Gasteiger partial charge in [0, 0.05) is 0 Å². The number of esters is 1. The Kier molecular flexibility index (Phi) is 4.36. The highest BCUT2D eigenvalue weighted by Crippen LogP contribution is 2.29. The molecule has 9 heteroatoms. The summed E-state index contributed by atoms with van der Waals surface area (Å²) in [6.45, 7) is -0.165. The van der Waals surface area contributed by atoms with Crippen LogP contribution in [0.5, 0.6) is 5.75 Å². The van der Waals surface area contributed by atoms with E-state index in [4.69, 9.17) is 13.9 Å². The van der Waals surface area contributed by atoms with Gasteiger partial charge in [-0.3, -0.25) is 9.59 Å². The van der Waals surface area contributed by atoms with Gasteiger partial charge in [0.2, 0.25) is 0 Å². The fourth-order valence-electron chi connectivity index (χ4n) is 2.39. The number of aromatic nitrogens is 2. The first-order valence-corrected chi connectivity index (χ1v) is 8.65. The van der Waals surface area contributed by atoms with Crippen molar-refractivity contribution in [2.75, 3.05) is 5.32 Å². The van der Waals surface area contributed by atoms with Crippen LogP contribution < -0.4 is 10.1 Å². The minimum Gasteiger partial charge on any atom is -0.478 e. The van der Waals surface area contributed by atoms with Crippen LogP contribution in [0.15, 0.2) is 46.2 Å². The third-order valence-corrected chi connectivity index (χ3v) is 4.47. The van der Waals surface area contributed by atoms with Crippen molar-refractivity contribution in [2.24, 2.45) is 0 Å². The van der Waals surface area contributed by atoms with Gasteiger partial charge in [0.15, 0.2) is 12.7 Å². The van der Waals surface area contributed by atoms with E-state index >= 15 is 0 Å². The molecule has 1 atom stereocenters. The number of nitrogens with zero attached hydrogens (tertiary/aromatic N) is 2. The van der Waals surface area contributed by atoms with Crippen molar-refractivity contribution in [3.05, 3.63) is 47.7 Å². The number of rotatable bonds is 5. The van der Waals surface area contributed by atoms with Crippen molar-refractivity contribution in [1.29, 1.82) is 0 Å². The summed E-state index contributed by atoms with van der Waals surface area (Å²) in [5.74, 6) is 0.0833. The molecule has 0 aliphatic carbocycles. The summed E-state index contributed by atoms with van der Waals surface area (Å²) in [6.07, 6.45) is -1.16. The quantitative estimate of drug-likeness (QED) is 0.688. The van der Waals surface area contributed by atoms with Crippen molar-refractivity contribution >= 4 is 28.9 Å². The third kappa shape index (κ3) is 3.42. The molecule has 0 spiro atoms. The SMILES string of the molecule is O=C(C[C@H]1Oc2ccccc2NC1=O)OCc1nnc(-c2cccs2)o1. The lowest BCUT2D eigenvalue weighted by Gasteiger charge is -2.24. The molecule has 4 rings (SSSR count). The fourth-order valence-corrected chi connectivity index (χ4v) is 3.04. The molecule has 1 N–H and O–H groups in total. The predicted octanol–water partition coefficient (Wildman–Crippen LogP) is 2.63. The second-order valence-corrected chi connectivity index (χ2v) is 6.38. The molecule has 26 heavy (non-hydrogen) atoms. The molecule has 0 bridgehead atoms. The highest BCUT2D eigenvalue weighted by molar-refractivity contribution is 7.13. The van der Waals surface area contributed by atoms with Gasteiger partial charge >= 0.3 is 5.97 Å². The number of carbonyl (C=O) groups excluding carboxylic acids is 2. The lowest BCUT2D eigenvalue weighted by atomic mass is 10.1. The van der Waals surface area contributed by atoms with Gasteiger partial charge < -0.3 is 19.2 Å². The van der Waals surface area contributed by atoms with Crippen LogP contribution in [0.3, 0.4) is 0 Å². The molecule has 8 nitrogen and oxygen atoms in total. The average molecular weight is 371 g/mol. The van der Waals surface area contributed by atoms with Crippen LogP contribution in [0.4, 0.5) is 5.69 Å². The third-order valence-electron chi connectivity index (χ3n) is 3.61. The van der Waals surface area contributed by atoms with Gasteiger partial charge in [0.25, 0.3) is 17.7 Å². The second kappa shape index (κ2) is 6.96.